The Balaban J connectivity index is 2.33. The van der Waals surface area contributed by atoms with Gasteiger partial charge in [0, 0.05) is 12.5 Å². The predicted molar refractivity (Wildman–Crippen MR) is 47.2 cm³/mol. The van der Waals surface area contributed by atoms with Crippen LogP contribution in [0.5, 0.6) is 0 Å². The molecule has 0 aromatic carbocycles. The molecule has 1 fully saturated rings. The van der Waals surface area contributed by atoms with Gasteiger partial charge in [0.2, 0.25) is 0 Å². The Bertz CT molecular complexity index is 278. The second kappa shape index (κ2) is 3.05. The summed E-state index contributed by atoms with van der Waals surface area (Å²) in [7, 11) is 0. The Labute approximate surface area is 76.7 Å². The highest BCUT2D eigenvalue weighted by molar-refractivity contribution is 6.16. The van der Waals surface area contributed by atoms with E-state index in [1.54, 1.807) is 0 Å². The molecular weight excluding hydrogens is 174 g/mol. The first-order valence-corrected chi connectivity index (χ1v) is 4.88. The fourth-order valence-electron chi connectivity index (χ4n) is 1.44. The van der Waals surface area contributed by atoms with E-state index < -0.39 is 0 Å². The summed E-state index contributed by atoms with van der Waals surface area (Å²) in [5.74, 6) is 3.16. The van der Waals surface area contributed by atoms with E-state index in [9.17, 15) is 0 Å². The lowest BCUT2D eigenvalue weighted by Crippen LogP contribution is -2.03. The summed E-state index contributed by atoms with van der Waals surface area (Å²) in [6.45, 7) is 3.03. The first-order valence-electron chi connectivity index (χ1n) is 4.34. The largest absolute Gasteiger partial charge is 0.314 e. The number of hydrogen-bond donors (Lipinski definition) is 0. The molecule has 0 saturated heterocycles. The number of hydrogen-bond acceptors (Lipinski definition) is 2. The van der Waals surface area contributed by atoms with Crippen LogP contribution >= 0.6 is 11.6 Å². The van der Waals surface area contributed by atoms with Crippen molar-refractivity contribution >= 4 is 11.6 Å². The third kappa shape index (κ3) is 1.22. The van der Waals surface area contributed by atoms with Crippen LogP contribution in [0.2, 0.25) is 0 Å². The Morgan fingerprint density at radius 1 is 1.50 bits per heavy atom. The zero-order valence-electron chi connectivity index (χ0n) is 7.13. The fourth-order valence-corrected chi connectivity index (χ4v) is 1.63. The van der Waals surface area contributed by atoms with Crippen molar-refractivity contribution in [2.45, 2.75) is 38.1 Å². The van der Waals surface area contributed by atoms with Crippen LogP contribution in [0.15, 0.2) is 0 Å². The van der Waals surface area contributed by atoms with Crippen LogP contribution < -0.4 is 0 Å². The molecule has 1 heterocycles. The molecule has 0 radical (unpaired) electrons. The average Bonchev–Trinajstić information content (AvgIpc) is 2.85. The summed E-state index contributed by atoms with van der Waals surface area (Å²) < 4.78 is 2.13. The molecule has 4 heteroatoms. The quantitative estimate of drug-likeness (QED) is 0.674. The first-order chi connectivity index (χ1) is 5.86. The third-order valence-electron chi connectivity index (χ3n) is 2.23. The van der Waals surface area contributed by atoms with Gasteiger partial charge in [0.1, 0.15) is 11.6 Å². The minimum Gasteiger partial charge on any atom is -0.314 e. The highest BCUT2D eigenvalue weighted by Crippen LogP contribution is 2.39. The SMILES string of the molecule is CCn1c(CCl)nnc1C1CC1. The van der Waals surface area contributed by atoms with Gasteiger partial charge in [0.05, 0.1) is 5.88 Å². The third-order valence-corrected chi connectivity index (χ3v) is 2.47. The zero-order valence-corrected chi connectivity index (χ0v) is 7.88. The van der Waals surface area contributed by atoms with Crippen molar-refractivity contribution < 1.29 is 0 Å². The summed E-state index contributed by atoms with van der Waals surface area (Å²) in [4.78, 5) is 0. The lowest BCUT2D eigenvalue weighted by atomic mass is 10.4. The maximum Gasteiger partial charge on any atom is 0.147 e. The minimum absolute atomic E-state index is 0.466. The number of nitrogens with zero attached hydrogens (tertiary/aromatic N) is 3. The molecule has 0 N–H and O–H groups in total. The molecule has 1 aliphatic rings. The number of aromatic nitrogens is 3. The topological polar surface area (TPSA) is 30.7 Å². The molecule has 0 amide bonds. The van der Waals surface area contributed by atoms with Crippen molar-refractivity contribution in [3.63, 3.8) is 0 Å². The van der Waals surface area contributed by atoms with Gasteiger partial charge in [-0.15, -0.1) is 21.8 Å². The molecule has 12 heavy (non-hydrogen) atoms. The standard InChI is InChI=1S/C8H12ClN3/c1-2-12-7(5-9)10-11-8(12)6-3-4-6/h6H,2-5H2,1H3. The Kier molecular flexibility index (Phi) is 2.05. The van der Waals surface area contributed by atoms with Crippen LogP contribution in [0.3, 0.4) is 0 Å². The molecule has 0 atom stereocenters. The van der Waals surface area contributed by atoms with Crippen LogP contribution in [-0.2, 0) is 12.4 Å². The van der Waals surface area contributed by atoms with Gasteiger partial charge in [0.15, 0.2) is 0 Å². The van der Waals surface area contributed by atoms with Crippen molar-refractivity contribution in [2.24, 2.45) is 0 Å². The normalized spacial score (nSPS) is 16.8. The van der Waals surface area contributed by atoms with Gasteiger partial charge >= 0.3 is 0 Å². The van der Waals surface area contributed by atoms with E-state index in [0.717, 1.165) is 18.2 Å². The maximum atomic E-state index is 5.73. The van der Waals surface area contributed by atoms with Crippen LogP contribution in [0, 0.1) is 0 Å². The van der Waals surface area contributed by atoms with Crippen molar-refractivity contribution in [3.8, 4) is 0 Å². The molecular formula is C8H12ClN3. The van der Waals surface area contributed by atoms with Crippen molar-refractivity contribution in [1.29, 1.82) is 0 Å². The van der Waals surface area contributed by atoms with Crippen molar-refractivity contribution in [2.75, 3.05) is 0 Å². The van der Waals surface area contributed by atoms with Gasteiger partial charge in [0.25, 0.3) is 0 Å². The molecule has 1 aliphatic carbocycles. The van der Waals surface area contributed by atoms with Crippen LogP contribution in [0.1, 0.15) is 37.3 Å². The Morgan fingerprint density at radius 2 is 2.25 bits per heavy atom. The molecule has 66 valence electrons. The summed E-state index contributed by atoms with van der Waals surface area (Å²) in [6.07, 6.45) is 2.53. The summed E-state index contributed by atoms with van der Waals surface area (Å²) in [5.41, 5.74) is 0. The highest BCUT2D eigenvalue weighted by atomic mass is 35.5. The highest BCUT2D eigenvalue weighted by Gasteiger charge is 2.29. The van der Waals surface area contributed by atoms with Gasteiger partial charge in [-0.05, 0) is 19.8 Å². The lowest BCUT2D eigenvalue weighted by molar-refractivity contribution is 0.677. The minimum atomic E-state index is 0.466. The van der Waals surface area contributed by atoms with Crippen molar-refractivity contribution in [1.82, 2.24) is 14.8 Å². The number of alkyl halides is 1. The van der Waals surface area contributed by atoms with Crippen molar-refractivity contribution in [3.05, 3.63) is 11.6 Å². The van der Waals surface area contributed by atoms with Crippen LogP contribution in [-0.4, -0.2) is 14.8 Å². The molecule has 1 saturated carbocycles. The van der Waals surface area contributed by atoms with Gasteiger partial charge in [-0.25, -0.2) is 0 Å². The molecule has 0 spiro atoms. The van der Waals surface area contributed by atoms with E-state index >= 15 is 0 Å². The Morgan fingerprint density at radius 3 is 2.75 bits per heavy atom. The summed E-state index contributed by atoms with van der Waals surface area (Å²) in [5, 5.41) is 8.20. The van der Waals surface area contributed by atoms with E-state index in [1.165, 1.54) is 12.8 Å². The van der Waals surface area contributed by atoms with E-state index in [1.807, 2.05) is 0 Å². The molecule has 0 bridgehead atoms. The average molecular weight is 186 g/mol. The number of rotatable bonds is 3. The molecule has 3 nitrogen and oxygen atoms in total. The van der Waals surface area contributed by atoms with E-state index in [2.05, 4.69) is 21.7 Å². The van der Waals surface area contributed by atoms with Crippen LogP contribution in [0.4, 0.5) is 0 Å². The Hall–Kier alpha value is -0.570. The van der Waals surface area contributed by atoms with Gasteiger partial charge in [-0.1, -0.05) is 0 Å². The smallest absolute Gasteiger partial charge is 0.147 e. The predicted octanol–water partition coefficient (Wildman–Crippen LogP) is 1.91. The second-order valence-corrected chi connectivity index (χ2v) is 3.39. The second-order valence-electron chi connectivity index (χ2n) is 3.13. The molecule has 1 aromatic rings. The van der Waals surface area contributed by atoms with E-state index in [0.29, 0.717) is 11.8 Å². The lowest BCUT2D eigenvalue weighted by Gasteiger charge is -2.03. The molecule has 0 aliphatic heterocycles. The molecule has 2 rings (SSSR count). The van der Waals surface area contributed by atoms with E-state index in [-0.39, 0.29) is 0 Å². The summed E-state index contributed by atoms with van der Waals surface area (Å²) in [6, 6.07) is 0. The monoisotopic (exact) mass is 185 g/mol. The van der Waals surface area contributed by atoms with Gasteiger partial charge in [-0.2, -0.15) is 0 Å². The van der Waals surface area contributed by atoms with E-state index in [4.69, 9.17) is 11.6 Å². The van der Waals surface area contributed by atoms with Gasteiger partial charge < -0.3 is 4.57 Å². The molecule has 1 aromatic heterocycles. The first kappa shape index (κ1) is 8.05. The van der Waals surface area contributed by atoms with Gasteiger partial charge in [-0.3, -0.25) is 0 Å². The summed E-state index contributed by atoms with van der Waals surface area (Å²) >= 11 is 5.73. The fraction of sp³-hybridized carbons (Fsp3) is 0.750. The number of halogens is 1. The molecule has 0 unspecified atom stereocenters. The maximum absolute atomic E-state index is 5.73. The zero-order chi connectivity index (χ0) is 8.55. The van der Waals surface area contributed by atoms with Crippen LogP contribution in [0.25, 0.3) is 0 Å².